The van der Waals surface area contributed by atoms with Gasteiger partial charge in [-0.1, -0.05) is 136 Å². The molecule has 4 N–H and O–H groups in total. The van der Waals surface area contributed by atoms with E-state index in [0.29, 0.717) is 13.2 Å². The fourth-order valence-corrected chi connectivity index (χ4v) is 6.40. The SMILES string of the molecule is CCCCCCCCCCCCCCO[C@@H]1O[C@H](COCC(O)C[N+](C)(C)CCCCCCCCCCCC)[C@@H](O)[C@H](O)[C@H]1O.[Cl-]. The number of hydrogen-bond acceptors (Lipinski definition) is 7. The number of hydrogen-bond donors (Lipinski definition) is 4. The van der Waals surface area contributed by atoms with Gasteiger partial charge in [0.25, 0.3) is 0 Å². The van der Waals surface area contributed by atoms with E-state index in [1.54, 1.807) is 0 Å². The third-order valence-corrected chi connectivity index (χ3v) is 9.36. The lowest BCUT2D eigenvalue weighted by atomic mass is 9.99. The van der Waals surface area contributed by atoms with Gasteiger partial charge in [0, 0.05) is 6.61 Å². The molecule has 1 rings (SSSR count). The fourth-order valence-electron chi connectivity index (χ4n) is 6.40. The van der Waals surface area contributed by atoms with Crippen LogP contribution in [0.2, 0.25) is 0 Å². The van der Waals surface area contributed by atoms with Gasteiger partial charge >= 0.3 is 0 Å². The molecule has 0 aromatic heterocycles. The molecule has 1 fully saturated rings. The topological polar surface area (TPSA) is 109 Å². The van der Waals surface area contributed by atoms with E-state index in [2.05, 4.69) is 27.9 Å². The molecule has 1 saturated heterocycles. The summed E-state index contributed by atoms with van der Waals surface area (Å²) in [7, 11) is 4.28. The first kappa shape index (κ1) is 46.0. The monoisotopic (exact) mass is 682 g/mol. The summed E-state index contributed by atoms with van der Waals surface area (Å²) < 4.78 is 18.0. The Labute approximate surface area is 290 Å². The van der Waals surface area contributed by atoms with Gasteiger partial charge in [0.2, 0.25) is 0 Å². The molecule has 0 spiro atoms. The van der Waals surface area contributed by atoms with E-state index in [1.807, 2.05) is 0 Å². The van der Waals surface area contributed by atoms with Gasteiger partial charge < -0.3 is 51.5 Å². The van der Waals surface area contributed by atoms with E-state index in [1.165, 1.54) is 122 Å². The highest BCUT2D eigenvalue weighted by Crippen LogP contribution is 2.23. The van der Waals surface area contributed by atoms with Gasteiger partial charge in [-0.25, -0.2) is 0 Å². The van der Waals surface area contributed by atoms with Crippen LogP contribution in [0.1, 0.15) is 155 Å². The zero-order chi connectivity index (χ0) is 33.2. The fraction of sp³-hybridized carbons (Fsp3) is 1.00. The molecule has 9 heteroatoms. The van der Waals surface area contributed by atoms with E-state index in [0.717, 1.165) is 30.3 Å². The maximum absolute atomic E-state index is 10.6. The maximum Gasteiger partial charge on any atom is 0.186 e. The van der Waals surface area contributed by atoms with Crippen LogP contribution in [0.5, 0.6) is 0 Å². The van der Waals surface area contributed by atoms with Crippen LogP contribution in [0.25, 0.3) is 0 Å². The Bertz CT molecular complexity index is 659. The van der Waals surface area contributed by atoms with Crippen LogP contribution in [-0.2, 0) is 14.2 Å². The van der Waals surface area contributed by atoms with E-state index in [9.17, 15) is 20.4 Å². The van der Waals surface area contributed by atoms with Gasteiger partial charge in [-0.3, -0.25) is 0 Å². The zero-order valence-electron chi connectivity index (χ0n) is 30.4. The molecule has 278 valence electrons. The van der Waals surface area contributed by atoms with Crippen molar-refractivity contribution < 1.29 is 51.5 Å². The van der Waals surface area contributed by atoms with Crippen LogP contribution in [-0.4, -0.2) is 109 Å². The summed E-state index contributed by atoms with van der Waals surface area (Å²) in [4.78, 5) is 0. The number of nitrogens with zero attached hydrogens (tertiary/aromatic N) is 1. The van der Waals surface area contributed by atoms with E-state index in [-0.39, 0.29) is 25.6 Å². The number of rotatable bonds is 31. The molecule has 0 bridgehead atoms. The number of halogens is 1. The lowest BCUT2D eigenvalue weighted by Gasteiger charge is -2.40. The smallest absolute Gasteiger partial charge is 0.186 e. The second kappa shape index (κ2) is 29.8. The number of unbranched alkanes of at least 4 members (excludes halogenated alkanes) is 20. The molecule has 46 heavy (non-hydrogen) atoms. The third-order valence-electron chi connectivity index (χ3n) is 9.36. The molecule has 1 aliphatic rings. The number of ether oxygens (including phenoxy) is 3. The number of likely N-dealkylation sites (N-methyl/N-ethyl adjacent to an activating group) is 1. The van der Waals surface area contributed by atoms with Crippen LogP contribution in [0, 0.1) is 0 Å². The lowest BCUT2D eigenvalue weighted by Crippen LogP contribution is -3.00. The van der Waals surface area contributed by atoms with Crippen molar-refractivity contribution in [2.75, 3.05) is 47.0 Å². The highest BCUT2D eigenvalue weighted by molar-refractivity contribution is 4.89. The lowest BCUT2D eigenvalue weighted by molar-refractivity contribution is -0.893. The Morgan fingerprint density at radius 3 is 1.52 bits per heavy atom. The van der Waals surface area contributed by atoms with Gasteiger partial charge in [-0.05, 0) is 19.3 Å². The summed E-state index contributed by atoms with van der Waals surface area (Å²) >= 11 is 0. The predicted octanol–water partition coefficient (Wildman–Crippen LogP) is 3.89. The largest absolute Gasteiger partial charge is 1.00 e. The van der Waals surface area contributed by atoms with Gasteiger partial charge in [0.1, 0.15) is 37.1 Å². The summed E-state index contributed by atoms with van der Waals surface area (Å²) in [6.45, 7) is 6.66. The summed E-state index contributed by atoms with van der Waals surface area (Å²) in [5, 5.41) is 41.8. The molecule has 0 aromatic carbocycles. The first-order chi connectivity index (χ1) is 21.7. The minimum atomic E-state index is -1.37. The molecule has 0 aliphatic carbocycles. The quantitative estimate of drug-likeness (QED) is 0.0650. The molecular weight excluding hydrogens is 606 g/mol. The summed E-state index contributed by atoms with van der Waals surface area (Å²) in [6, 6.07) is 0. The number of quaternary nitrogens is 1. The molecule has 1 aliphatic heterocycles. The Kier molecular flexibility index (Phi) is 29.8. The van der Waals surface area contributed by atoms with Crippen molar-refractivity contribution in [3.8, 4) is 0 Å². The van der Waals surface area contributed by atoms with Crippen molar-refractivity contribution in [1.82, 2.24) is 0 Å². The zero-order valence-corrected chi connectivity index (χ0v) is 31.2. The van der Waals surface area contributed by atoms with Gasteiger partial charge in [-0.15, -0.1) is 0 Å². The summed E-state index contributed by atoms with van der Waals surface area (Å²) in [6.07, 6.45) is 21.7. The van der Waals surface area contributed by atoms with Crippen LogP contribution >= 0.6 is 0 Å². The molecule has 1 heterocycles. The molecule has 0 amide bonds. The van der Waals surface area contributed by atoms with Gasteiger partial charge in [0.05, 0.1) is 33.9 Å². The van der Waals surface area contributed by atoms with E-state index >= 15 is 0 Å². The Morgan fingerprint density at radius 2 is 1.04 bits per heavy atom. The minimum Gasteiger partial charge on any atom is -1.00 e. The van der Waals surface area contributed by atoms with Crippen molar-refractivity contribution in [2.45, 2.75) is 192 Å². The second-order valence-electron chi connectivity index (χ2n) is 14.5. The first-order valence-electron chi connectivity index (χ1n) is 19.1. The Hall–Kier alpha value is -0.0300. The molecule has 6 atom stereocenters. The minimum absolute atomic E-state index is 0. The van der Waals surface area contributed by atoms with Crippen molar-refractivity contribution in [1.29, 1.82) is 0 Å². The van der Waals surface area contributed by atoms with E-state index in [4.69, 9.17) is 14.2 Å². The third kappa shape index (κ3) is 23.3. The average molecular weight is 682 g/mol. The number of aliphatic hydroxyl groups is 4. The van der Waals surface area contributed by atoms with Crippen molar-refractivity contribution in [3.63, 3.8) is 0 Å². The highest BCUT2D eigenvalue weighted by Gasteiger charge is 2.44. The number of aliphatic hydroxyl groups excluding tert-OH is 4. The maximum atomic E-state index is 10.6. The van der Waals surface area contributed by atoms with Crippen molar-refractivity contribution in [3.05, 3.63) is 0 Å². The molecule has 0 saturated carbocycles. The predicted molar refractivity (Wildman–Crippen MR) is 184 cm³/mol. The average Bonchev–Trinajstić information content (AvgIpc) is 3.00. The van der Waals surface area contributed by atoms with Gasteiger partial charge in [-0.2, -0.15) is 0 Å². The summed E-state index contributed by atoms with van der Waals surface area (Å²) in [5.74, 6) is 0. The molecule has 1 unspecified atom stereocenters. The van der Waals surface area contributed by atoms with Crippen LogP contribution in [0.15, 0.2) is 0 Å². The van der Waals surface area contributed by atoms with Crippen LogP contribution in [0.3, 0.4) is 0 Å². The van der Waals surface area contributed by atoms with Crippen LogP contribution < -0.4 is 12.4 Å². The molecular formula is C37H76ClNO7. The molecule has 0 radical (unpaired) electrons. The summed E-state index contributed by atoms with van der Waals surface area (Å²) in [5.41, 5.74) is 0. The Morgan fingerprint density at radius 1 is 0.609 bits per heavy atom. The first-order valence-corrected chi connectivity index (χ1v) is 19.1. The standard InChI is InChI=1S/C37H76NO7.ClH/c1-5-7-9-11-13-15-17-18-20-22-24-26-28-44-37-36(42)35(41)34(40)33(45-37)31-43-30-32(39)29-38(3,4)27-25-23-21-19-16-14-12-10-8-6-2;/h32-37,39-42H,5-31H2,1-4H3;1H/q+1;/p-1/t32?,33-,34-,35+,36-,37-;/m1./s1. The van der Waals surface area contributed by atoms with Gasteiger partial charge in [0.15, 0.2) is 6.29 Å². The van der Waals surface area contributed by atoms with Crippen molar-refractivity contribution in [2.24, 2.45) is 0 Å². The van der Waals surface area contributed by atoms with Crippen LogP contribution in [0.4, 0.5) is 0 Å². The Balaban J connectivity index is 0.0000202. The van der Waals surface area contributed by atoms with Crippen molar-refractivity contribution >= 4 is 0 Å². The highest BCUT2D eigenvalue weighted by atomic mass is 35.5. The molecule has 8 nitrogen and oxygen atoms in total. The molecule has 0 aromatic rings. The second-order valence-corrected chi connectivity index (χ2v) is 14.5. The normalized spacial score (nSPS) is 22.6. The van der Waals surface area contributed by atoms with E-state index < -0.39 is 36.8 Å².